The van der Waals surface area contributed by atoms with Crippen molar-refractivity contribution in [1.29, 1.82) is 0 Å². The highest BCUT2D eigenvalue weighted by Crippen LogP contribution is 2.61. The second-order valence-electron chi connectivity index (χ2n) is 9.04. The van der Waals surface area contributed by atoms with E-state index in [1.165, 1.54) is 59.5 Å². The summed E-state index contributed by atoms with van der Waals surface area (Å²) in [6, 6.07) is 40.3. The Morgan fingerprint density at radius 3 is 2.21 bits per heavy atom. The zero-order chi connectivity index (χ0) is 22.4. The van der Waals surface area contributed by atoms with Crippen LogP contribution in [0.3, 0.4) is 0 Å². The summed E-state index contributed by atoms with van der Waals surface area (Å²) in [7, 11) is 0. The number of benzene rings is 5. The Kier molecular flexibility index (Phi) is 3.73. The summed E-state index contributed by atoms with van der Waals surface area (Å²) in [5, 5.41) is 2.62. The second kappa shape index (κ2) is 6.65. The van der Waals surface area contributed by atoms with E-state index in [0.717, 1.165) is 4.47 Å². The first-order valence-corrected chi connectivity index (χ1v) is 13.1. The van der Waals surface area contributed by atoms with Gasteiger partial charge in [0.2, 0.25) is 0 Å². The summed E-state index contributed by atoms with van der Waals surface area (Å²) in [4.78, 5) is 2.62. The van der Waals surface area contributed by atoms with Crippen LogP contribution in [0.1, 0.15) is 22.3 Å². The lowest BCUT2D eigenvalue weighted by molar-refractivity contribution is 0.688. The van der Waals surface area contributed by atoms with Gasteiger partial charge in [-0.3, -0.25) is 0 Å². The molecule has 0 N–H and O–H groups in total. The maximum absolute atomic E-state index is 3.89. The minimum absolute atomic E-state index is 0.387. The number of para-hydroxylation sites is 3. The van der Waals surface area contributed by atoms with E-state index >= 15 is 0 Å². The third-order valence-electron chi connectivity index (χ3n) is 7.52. The lowest BCUT2D eigenvalue weighted by atomic mass is 9.63. The van der Waals surface area contributed by atoms with E-state index in [-0.39, 0.29) is 5.41 Å². The van der Waals surface area contributed by atoms with Gasteiger partial charge in [0, 0.05) is 25.0 Å². The van der Waals surface area contributed by atoms with Gasteiger partial charge in [-0.15, -0.1) is 0 Å². The van der Waals surface area contributed by atoms with Gasteiger partial charge in [0.1, 0.15) is 0 Å². The lowest BCUT2D eigenvalue weighted by Crippen LogP contribution is -2.37. The van der Waals surface area contributed by atoms with E-state index in [1.807, 2.05) is 11.8 Å². The van der Waals surface area contributed by atoms with Crippen LogP contribution in [0.25, 0.3) is 27.5 Å². The molecule has 1 atom stereocenters. The third kappa shape index (κ3) is 2.13. The van der Waals surface area contributed by atoms with Gasteiger partial charge in [0.05, 0.1) is 22.1 Å². The highest BCUT2D eigenvalue weighted by atomic mass is 79.9. The molecule has 0 aliphatic carbocycles. The standard InChI is InChI=1S/C31H18BrNS/c32-25-15-8-14-24-30(25)34-28-18-6-3-12-22(28)31(24)21-11-2-5-17-27(21)33-26-16-4-1-9-19(26)20-10-7-13-23(31)29(20)33/h1-18H. The largest absolute Gasteiger partial charge is 0.309 e. The third-order valence-corrected chi connectivity index (χ3v) is 9.66. The highest BCUT2D eigenvalue weighted by molar-refractivity contribution is 9.10. The molecule has 0 saturated heterocycles. The van der Waals surface area contributed by atoms with Gasteiger partial charge in [-0.25, -0.2) is 0 Å². The van der Waals surface area contributed by atoms with E-state index in [2.05, 4.69) is 130 Å². The Labute approximate surface area is 210 Å². The molecular formula is C31H18BrNS. The average molecular weight is 516 g/mol. The summed E-state index contributed by atoms with van der Waals surface area (Å²) in [5.74, 6) is 0. The Bertz CT molecular complexity index is 1810. The number of halogens is 1. The Balaban J connectivity index is 1.70. The first kappa shape index (κ1) is 19.1. The van der Waals surface area contributed by atoms with E-state index in [1.54, 1.807) is 0 Å². The fourth-order valence-electron chi connectivity index (χ4n) is 6.31. The predicted molar refractivity (Wildman–Crippen MR) is 144 cm³/mol. The predicted octanol–water partition coefficient (Wildman–Crippen LogP) is 8.71. The molecule has 3 heterocycles. The molecule has 160 valence electrons. The fourth-order valence-corrected chi connectivity index (χ4v) is 8.11. The molecule has 6 aromatic rings. The van der Waals surface area contributed by atoms with Crippen molar-refractivity contribution in [3.05, 3.63) is 136 Å². The zero-order valence-electron chi connectivity index (χ0n) is 18.1. The molecule has 0 amide bonds. The van der Waals surface area contributed by atoms with E-state index in [0.29, 0.717) is 0 Å². The first-order chi connectivity index (χ1) is 16.8. The molecule has 34 heavy (non-hydrogen) atoms. The van der Waals surface area contributed by atoms with Gasteiger partial charge in [0.15, 0.2) is 0 Å². The summed E-state index contributed by atoms with van der Waals surface area (Å²) in [5.41, 5.74) is 8.86. The molecule has 1 aromatic heterocycles. The molecule has 0 saturated carbocycles. The van der Waals surface area contributed by atoms with Crippen LogP contribution in [0, 0.1) is 0 Å². The van der Waals surface area contributed by atoms with Gasteiger partial charge >= 0.3 is 0 Å². The molecule has 1 nitrogen and oxygen atoms in total. The molecule has 5 aromatic carbocycles. The van der Waals surface area contributed by atoms with Gasteiger partial charge < -0.3 is 4.57 Å². The van der Waals surface area contributed by atoms with E-state index in [4.69, 9.17) is 0 Å². The normalized spacial score (nSPS) is 17.6. The summed E-state index contributed by atoms with van der Waals surface area (Å²) in [6.07, 6.45) is 0. The monoisotopic (exact) mass is 515 g/mol. The smallest absolute Gasteiger partial charge is 0.0764 e. The van der Waals surface area contributed by atoms with Crippen LogP contribution in [0.5, 0.6) is 0 Å². The quantitative estimate of drug-likeness (QED) is 0.195. The van der Waals surface area contributed by atoms with Crippen LogP contribution in [-0.4, -0.2) is 4.57 Å². The number of fused-ring (bicyclic) bond motifs is 11. The summed E-state index contributed by atoms with van der Waals surface area (Å²) < 4.78 is 3.64. The van der Waals surface area contributed by atoms with Crippen molar-refractivity contribution in [2.75, 3.05) is 0 Å². The molecule has 8 rings (SSSR count). The van der Waals surface area contributed by atoms with E-state index in [9.17, 15) is 0 Å². The van der Waals surface area contributed by atoms with Crippen molar-refractivity contribution in [2.24, 2.45) is 0 Å². The van der Waals surface area contributed by atoms with Crippen LogP contribution in [-0.2, 0) is 5.41 Å². The molecule has 0 bridgehead atoms. The highest BCUT2D eigenvalue weighted by Gasteiger charge is 2.49. The molecule has 2 aliphatic rings. The number of rotatable bonds is 0. The van der Waals surface area contributed by atoms with Crippen molar-refractivity contribution in [3.63, 3.8) is 0 Å². The molecule has 3 heteroatoms. The molecule has 1 unspecified atom stereocenters. The van der Waals surface area contributed by atoms with Crippen LogP contribution >= 0.6 is 27.7 Å². The topological polar surface area (TPSA) is 4.93 Å². The molecule has 2 aliphatic heterocycles. The van der Waals surface area contributed by atoms with Crippen molar-refractivity contribution in [3.8, 4) is 5.69 Å². The lowest BCUT2D eigenvalue weighted by Gasteiger charge is -2.45. The molecule has 1 spiro atoms. The average Bonchev–Trinajstić information content (AvgIpc) is 3.23. The van der Waals surface area contributed by atoms with Gasteiger partial charge in [-0.1, -0.05) is 96.7 Å². The number of aromatic nitrogens is 1. The zero-order valence-corrected chi connectivity index (χ0v) is 20.5. The van der Waals surface area contributed by atoms with Crippen LogP contribution in [0.2, 0.25) is 0 Å². The van der Waals surface area contributed by atoms with Crippen LogP contribution in [0.4, 0.5) is 0 Å². The maximum Gasteiger partial charge on any atom is 0.0764 e. The Hall–Kier alpha value is -3.27. The number of hydrogen-bond acceptors (Lipinski definition) is 1. The van der Waals surface area contributed by atoms with Gasteiger partial charge in [0.25, 0.3) is 0 Å². The van der Waals surface area contributed by atoms with Gasteiger partial charge in [-0.05, 0) is 62.4 Å². The minimum atomic E-state index is -0.387. The van der Waals surface area contributed by atoms with E-state index < -0.39 is 0 Å². The summed E-state index contributed by atoms with van der Waals surface area (Å²) >= 11 is 5.77. The SMILES string of the molecule is Brc1cccc2c1Sc1ccccc1C21c2ccccc2-n2c3ccccc3c3cccc1c32. The number of nitrogens with zero attached hydrogens (tertiary/aromatic N) is 1. The second-order valence-corrected chi connectivity index (χ2v) is 10.9. The Morgan fingerprint density at radius 2 is 1.26 bits per heavy atom. The van der Waals surface area contributed by atoms with Gasteiger partial charge in [-0.2, -0.15) is 0 Å². The molecular weight excluding hydrogens is 498 g/mol. The Morgan fingerprint density at radius 1 is 0.588 bits per heavy atom. The molecule has 0 fully saturated rings. The van der Waals surface area contributed by atoms with Crippen LogP contribution < -0.4 is 0 Å². The van der Waals surface area contributed by atoms with Crippen molar-refractivity contribution < 1.29 is 0 Å². The molecule has 0 radical (unpaired) electrons. The van der Waals surface area contributed by atoms with Crippen LogP contribution in [0.15, 0.2) is 123 Å². The van der Waals surface area contributed by atoms with Crippen molar-refractivity contribution >= 4 is 49.5 Å². The first-order valence-electron chi connectivity index (χ1n) is 11.5. The fraction of sp³-hybridized carbons (Fsp3) is 0.0323. The minimum Gasteiger partial charge on any atom is -0.309 e. The maximum atomic E-state index is 3.89. The van der Waals surface area contributed by atoms with Crippen molar-refractivity contribution in [1.82, 2.24) is 4.57 Å². The van der Waals surface area contributed by atoms with Crippen molar-refractivity contribution in [2.45, 2.75) is 15.2 Å². The number of hydrogen-bond donors (Lipinski definition) is 0. The summed E-state index contributed by atoms with van der Waals surface area (Å²) in [6.45, 7) is 0.